The fourth-order valence-corrected chi connectivity index (χ4v) is 1.82. The summed E-state index contributed by atoms with van der Waals surface area (Å²) in [5, 5.41) is 0. The van der Waals surface area contributed by atoms with Gasteiger partial charge in [0, 0.05) is 18.5 Å². The maximum Gasteiger partial charge on any atom is 0.141 e. The van der Waals surface area contributed by atoms with E-state index >= 15 is 0 Å². The van der Waals surface area contributed by atoms with E-state index in [-0.39, 0.29) is 6.10 Å². The topological polar surface area (TPSA) is 26.5 Å². The summed E-state index contributed by atoms with van der Waals surface area (Å²) in [6.07, 6.45) is 4.14. The molecule has 0 fully saturated rings. The molecule has 0 saturated carbocycles. The van der Waals surface area contributed by atoms with Crippen LogP contribution in [0.4, 0.5) is 0 Å². The van der Waals surface area contributed by atoms with Gasteiger partial charge in [0.2, 0.25) is 0 Å². The smallest absolute Gasteiger partial charge is 0.141 e. The molecule has 2 aromatic heterocycles. The molecule has 2 aromatic rings. The minimum absolute atomic E-state index is 0.200. The van der Waals surface area contributed by atoms with Crippen molar-refractivity contribution in [2.45, 2.75) is 20.0 Å². The largest absolute Gasteiger partial charge is 0.491 e. The second kappa shape index (κ2) is 3.76. The monoisotopic (exact) mass is 302 g/mol. The van der Waals surface area contributed by atoms with Crippen LogP contribution in [-0.2, 0) is 0 Å². The third-order valence-electron chi connectivity index (χ3n) is 1.77. The number of hydrogen-bond acceptors (Lipinski definition) is 2. The van der Waals surface area contributed by atoms with Crippen LogP contribution in [0, 0.1) is 3.70 Å². The lowest BCUT2D eigenvalue weighted by Gasteiger charge is -2.08. The Balaban J connectivity index is 2.40. The van der Waals surface area contributed by atoms with Crippen molar-refractivity contribution in [1.82, 2.24) is 9.38 Å². The summed E-state index contributed by atoms with van der Waals surface area (Å²) in [4.78, 5) is 4.35. The standard InChI is InChI=1S/C10H11IN2O/c1-7(2)14-8-3-4-13-6-9(11)12-10(13)5-8/h3-7H,1-2H3. The maximum atomic E-state index is 5.58. The molecule has 0 radical (unpaired) electrons. The highest BCUT2D eigenvalue weighted by Crippen LogP contribution is 2.16. The predicted molar refractivity (Wildman–Crippen MR) is 63.7 cm³/mol. The molecule has 0 aromatic carbocycles. The third kappa shape index (κ3) is 2.00. The Labute approximate surface area is 96.2 Å². The molecule has 0 saturated heterocycles. The van der Waals surface area contributed by atoms with Crippen LogP contribution in [-0.4, -0.2) is 15.5 Å². The number of imidazole rings is 1. The summed E-state index contributed by atoms with van der Waals surface area (Å²) in [7, 11) is 0. The zero-order valence-electron chi connectivity index (χ0n) is 8.07. The Kier molecular flexibility index (Phi) is 2.62. The Morgan fingerprint density at radius 2 is 2.29 bits per heavy atom. The molecule has 0 amide bonds. The predicted octanol–water partition coefficient (Wildman–Crippen LogP) is 2.73. The molecule has 2 heterocycles. The van der Waals surface area contributed by atoms with Crippen molar-refractivity contribution >= 4 is 28.2 Å². The van der Waals surface area contributed by atoms with Gasteiger partial charge in [0.15, 0.2) is 0 Å². The van der Waals surface area contributed by atoms with Crippen LogP contribution in [0.1, 0.15) is 13.8 Å². The number of nitrogens with zero attached hydrogens (tertiary/aromatic N) is 2. The minimum atomic E-state index is 0.200. The van der Waals surface area contributed by atoms with Crippen molar-refractivity contribution in [2.75, 3.05) is 0 Å². The Hall–Kier alpha value is -0.780. The molecule has 0 aliphatic heterocycles. The highest BCUT2D eigenvalue weighted by Gasteiger charge is 2.01. The number of aromatic nitrogens is 2. The van der Waals surface area contributed by atoms with Crippen LogP contribution < -0.4 is 4.74 Å². The van der Waals surface area contributed by atoms with Crippen molar-refractivity contribution in [1.29, 1.82) is 0 Å². The van der Waals surface area contributed by atoms with Gasteiger partial charge >= 0.3 is 0 Å². The van der Waals surface area contributed by atoms with Crippen molar-refractivity contribution in [2.24, 2.45) is 0 Å². The van der Waals surface area contributed by atoms with Crippen LogP contribution in [0.15, 0.2) is 24.5 Å². The van der Waals surface area contributed by atoms with Gasteiger partial charge in [-0.2, -0.15) is 0 Å². The number of hydrogen-bond donors (Lipinski definition) is 0. The zero-order valence-corrected chi connectivity index (χ0v) is 10.2. The molecule has 2 rings (SSSR count). The van der Waals surface area contributed by atoms with E-state index in [1.807, 2.05) is 42.8 Å². The van der Waals surface area contributed by atoms with Crippen molar-refractivity contribution in [3.8, 4) is 5.75 Å². The van der Waals surface area contributed by atoms with Gasteiger partial charge in [0.1, 0.15) is 15.1 Å². The number of halogens is 1. The molecule has 3 nitrogen and oxygen atoms in total. The maximum absolute atomic E-state index is 5.58. The molecule has 0 aliphatic carbocycles. The third-order valence-corrected chi connectivity index (χ3v) is 2.29. The first-order valence-corrected chi connectivity index (χ1v) is 5.54. The number of pyridine rings is 1. The van der Waals surface area contributed by atoms with Crippen LogP contribution in [0.5, 0.6) is 5.75 Å². The lowest BCUT2D eigenvalue weighted by atomic mass is 10.4. The Morgan fingerprint density at radius 1 is 1.50 bits per heavy atom. The van der Waals surface area contributed by atoms with Crippen molar-refractivity contribution < 1.29 is 4.74 Å². The molecular weight excluding hydrogens is 291 g/mol. The summed E-state index contributed by atoms with van der Waals surface area (Å²) < 4.78 is 8.55. The van der Waals surface area contributed by atoms with E-state index in [1.165, 1.54) is 0 Å². The zero-order chi connectivity index (χ0) is 10.1. The van der Waals surface area contributed by atoms with Crippen LogP contribution in [0.25, 0.3) is 5.65 Å². The highest BCUT2D eigenvalue weighted by atomic mass is 127. The minimum Gasteiger partial charge on any atom is -0.491 e. The fourth-order valence-electron chi connectivity index (χ4n) is 1.28. The van der Waals surface area contributed by atoms with Crippen LogP contribution >= 0.6 is 22.6 Å². The van der Waals surface area contributed by atoms with Gasteiger partial charge in [-0.05, 0) is 42.5 Å². The van der Waals surface area contributed by atoms with Crippen molar-refractivity contribution in [3.05, 3.63) is 28.2 Å². The molecule has 0 aliphatic rings. The molecular formula is C10H11IN2O. The van der Waals surface area contributed by atoms with E-state index in [0.717, 1.165) is 15.1 Å². The van der Waals surface area contributed by atoms with E-state index in [0.29, 0.717) is 0 Å². The molecule has 0 unspecified atom stereocenters. The number of fused-ring (bicyclic) bond motifs is 1. The van der Waals surface area contributed by atoms with E-state index in [1.54, 1.807) is 0 Å². The molecule has 0 bridgehead atoms. The number of rotatable bonds is 2. The first-order valence-electron chi connectivity index (χ1n) is 4.46. The van der Waals surface area contributed by atoms with Crippen LogP contribution in [0.2, 0.25) is 0 Å². The normalized spacial score (nSPS) is 11.1. The average molecular weight is 302 g/mol. The molecule has 4 heteroatoms. The molecule has 0 N–H and O–H groups in total. The van der Waals surface area contributed by atoms with E-state index in [2.05, 4.69) is 27.6 Å². The second-order valence-corrected chi connectivity index (χ2v) is 4.46. The Morgan fingerprint density at radius 3 is 3.00 bits per heavy atom. The quantitative estimate of drug-likeness (QED) is 0.797. The fraction of sp³-hybridized carbons (Fsp3) is 0.300. The van der Waals surface area contributed by atoms with E-state index in [4.69, 9.17) is 4.74 Å². The molecule has 14 heavy (non-hydrogen) atoms. The second-order valence-electron chi connectivity index (χ2n) is 3.36. The lowest BCUT2D eigenvalue weighted by molar-refractivity contribution is 0.242. The average Bonchev–Trinajstić information content (AvgIpc) is 2.42. The summed E-state index contributed by atoms with van der Waals surface area (Å²) in [6, 6.07) is 3.90. The lowest BCUT2D eigenvalue weighted by Crippen LogP contribution is -2.05. The van der Waals surface area contributed by atoms with E-state index in [9.17, 15) is 0 Å². The summed E-state index contributed by atoms with van der Waals surface area (Å²) in [6.45, 7) is 4.03. The molecule has 0 atom stereocenters. The van der Waals surface area contributed by atoms with E-state index < -0.39 is 0 Å². The van der Waals surface area contributed by atoms with Gasteiger partial charge in [-0.15, -0.1) is 0 Å². The van der Waals surface area contributed by atoms with Gasteiger partial charge in [0.25, 0.3) is 0 Å². The van der Waals surface area contributed by atoms with Gasteiger partial charge in [-0.25, -0.2) is 4.98 Å². The van der Waals surface area contributed by atoms with Gasteiger partial charge in [-0.1, -0.05) is 0 Å². The molecule has 0 spiro atoms. The summed E-state index contributed by atoms with van der Waals surface area (Å²) >= 11 is 2.20. The highest BCUT2D eigenvalue weighted by molar-refractivity contribution is 14.1. The van der Waals surface area contributed by atoms with Gasteiger partial charge < -0.3 is 9.14 Å². The first-order chi connectivity index (χ1) is 6.65. The first kappa shape index (κ1) is 9.76. The Bertz CT molecular complexity index is 450. The number of ether oxygens (including phenoxy) is 1. The SMILES string of the molecule is CC(C)Oc1ccn2cc(I)nc2c1. The summed E-state index contributed by atoms with van der Waals surface area (Å²) in [5.41, 5.74) is 0.924. The molecule has 74 valence electrons. The van der Waals surface area contributed by atoms with Crippen molar-refractivity contribution in [3.63, 3.8) is 0 Å². The van der Waals surface area contributed by atoms with Gasteiger partial charge in [0.05, 0.1) is 6.10 Å². The summed E-state index contributed by atoms with van der Waals surface area (Å²) in [5.74, 6) is 0.870. The van der Waals surface area contributed by atoms with Gasteiger partial charge in [-0.3, -0.25) is 0 Å². The van der Waals surface area contributed by atoms with Crippen LogP contribution in [0.3, 0.4) is 0 Å².